The molecule has 0 aliphatic carbocycles. The van der Waals surface area contributed by atoms with Gasteiger partial charge in [-0.05, 0) is 56.0 Å². The Morgan fingerprint density at radius 3 is 2.82 bits per heavy atom. The Bertz CT molecular complexity index is 1040. The van der Waals surface area contributed by atoms with Crippen LogP contribution in [0.3, 0.4) is 0 Å². The topological polar surface area (TPSA) is 72.9 Å². The fourth-order valence-electron chi connectivity index (χ4n) is 3.77. The maximum absolute atomic E-state index is 13.2. The molecular formula is C22H23NO5. The largest absolute Gasteiger partial charge is 0.467 e. The predicted molar refractivity (Wildman–Crippen MR) is 104 cm³/mol. The molecule has 0 unspecified atom stereocenters. The van der Waals surface area contributed by atoms with Crippen LogP contribution in [0.25, 0.3) is 11.0 Å². The smallest absolute Gasteiger partial charge is 0.290 e. The summed E-state index contributed by atoms with van der Waals surface area (Å²) >= 11 is 0. The van der Waals surface area contributed by atoms with Crippen molar-refractivity contribution >= 4 is 16.9 Å². The average Bonchev–Trinajstić information content (AvgIpc) is 3.33. The molecule has 1 fully saturated rings. The van der Waals surface area contributed by atoms with Crippen LogP contribution in [-0.4, -0.2) is 30.1 Å². The highest BCUT2D eigenvalue weighted by atomic mass is 16.5. The summed E-state index contributed by atoms with van der Waals surface area (Å²) in [6.45, 7) is 5.22. The average molecular weight is 381 g/mol. The molecule has 1 aliphatic heterocycles. The van der Waals surface area contributed by atoms with E-state index in [0.29, 0.717) is 36.4 Å². The van der Waals surface area contributed by atoms with Crippen LogP contribution in [0.2, 0.25) is 0 Å². The minimum absolute atomic E-state index is 0.0180. The number of carbonyl (C=O) groups is 1. The second kappa shape index (κ2) is 7.64. The molecular weight excluding hydrogens is 358 g/mol. The maximum atomic E-state index is 13.2. The van der Waals surface area contributed by atoms with Gasteiger partial charge in [0.2, 0.25) is 0 Å². The quantitative estimate of drug-likeness (QED) is 0.672. The molecule has 6 nitrogen and oxygen atoms in total. The van der Waals surface area contributed by atoms with E-state index >= 15 is 0 Å². The van der Waals surface area contributed by atoms with E-state index in [4.69, 9.17) is 13.6 Å². The zero-order valence-corrected chi connectivity index (χ0v) is 16.1. The monoisotopic (exact) mass is 381 g/mol. The molecule has 0 radical (unpaired) electrons. The van der Waals surface area contributed by atoms with E-state index < -0.39 is 0 Å². The van der Waals surface area contributed by atoms with Crippen LogP contribution in [-0.2, 0) is 11.3 Å². The summed E-state index contributed by atoms with van der Waals surface area (Å²) in [5.74, 6) is 0.360. The number of benzene rings is 1. The second-order valence-electron chi connectivity index (χ2n) is 7.33. The van der Waals surface area contributed by atoms with Gasteiger partial charge in [0.05, 0.1) is 24.3 Å². The lowest BCUT2D eigenvalue weighted by Crippen LogP contribution is -2.37. The van der Waals surface area contributed by atoms with E-state index in [0.717, 1.165) is 24.0 Å². The van der Waals surface area contributed by atoms with E-state index in [9.17, 15) is 9.59 Å². The van der Waals surface area contributed by atoms with Gasteiger partial charge in [0.15, 0.2) is 11.2 Å². The van der Waals surface area contributed by atoms with Crippen molar-refractivity contribution in [2.24, 2.45) is 0 Å². The fraction of sp³-hybridized carbons (Fsp3) is 0.364. The van der Waals surface area contributed by atoms with Gasteiger partial charge < -0.3 is 18.5 Å². The molecule has 6 heteroatoms. The maximum Gasteiger partial charge on any atom is 0.290 e. The van der Waals surface area contributed by atoms with Gasteiger partial charge in [-0.2, -0.15) is 0 Å². The number of ether oxygens (including phenoxy) is 1. The molecule has 1 saturated heterocycles. The van der Waals surface area contributed by atoms with Gasteiger partial charge in [-0.15, -0.1) is 0 Å². The Hall–Kier alpha value is -2.86. The number of nitrogens with zero attached hydrogens (tertiary/aromatic N) is 1. The van der Waals surface area contributed by atoms with E-state index in [-0.39, 0.29) is 23.2 Å². The highest BCUT2D eigenvalue weighted by molar-refractivity contribution is 5.93. The van der Waals surface area contributed by atoms with Gasteiger partial charge in [0.1, 0.15) is 11.3 Å². The molecule has 3 heterocycles. The summed E-state index contributed by atoms with van der Waals surface area (Å²) in [7, 11) is 0. The third-order valence-electron chi connectivity index (χ3n) is 5.04. The summed E-state index contributed by atoms with van der Waals surface area (Å²) in [6, 6.07) is 8.61. The summed E-state index contributed by atoms with van der Waals surface area (Å²) in [5, 5.41) is 0.513. The van der Waals surface area contributed by atoms with Crippen LogP contribution < -0.4 is 5.43 Å². The summed E-state index contributed by atoms with van der Waals surface area (Å²) in [6.07, 6.45) is 3.45. The minimum atomic E-state index is -0.343. The highest BCUT2D eigenvalue weighted by Gasteiger charge is 2.26. The standard InChI is InChI=1S/C22H23NO5/c1-14-9-15(2)21-18(24)11-20(28-19(21)10-14)22(25)23(12-16-5-3-7-26-16)13-17-6-4-8-27-17/h3,5,7,9-11,17H,4,6,8,12-13H2,1-2H3/t17-/m0/s1. The fourth-order valence-corrected chi connectivity index (χ4v) is 3.77. The van der Waals surface area contributed by atoms with Crippen LogP contribution in [0.15, 0.2) is 50.2 Å². The van der Waals surface area contributed by atoms with Crippen LogP contribution in [0, 0.1) is 13.8 Å². The number of aryl methyl sites for hydroxylation is 2. The molecule has 2 aromatic heterocycles. The third-order valence-corrected chi connectivity index (χ3v) is 5.04. The summed E-state index contributed by atoms with van der Waals surface area (Å²) in [5.41, 5.74) is 2.04. The Labute approximate surface area is 162 Å². The van der Waals surface area contributed by atoms with E-state index in [1.54, 1.807) is 23.3 Å². The van der Waals surface area contributed by atoms with E-state index in [1.807, 2.05) is 26.0 Å². The number of amides is 1. The summed E-state index contributed by atoms with van der Waals surface area (Å²) < 4.78 is 17.0. The van der Waals surface area contributed by atoms with Crippen molar-refractivity contribution in [2.45, 2.75) is 39.3 Å². The first-order valence-corrected chi connectivity index (χ1v) is 9.49. The molecule has 3 aromatic rings. The lowest BCUT2D eigenvalue weighted by atomic mass is 10.1. The van der Waals surface area contributed by atoms with Crippen LogP contribution in [0.5, 0.6) is 0 Å². The summed E-state index contributed by atoms with van der Waals surface area (Å²) in [4.78, 5) is 27.5. The molecule has 146 valence electrons. The van der Waals surface area contributed by atoms with Gasteiger partial charge in [0, 0.05) is 19.2 Å². The predicted octanol–water partition coefficient (Wildman–Crippen LogP) is 3.82. The SMILES string of the molecule is Cc1cc(C)c2c(=O)cc(C(=O)N(Cc3ccco3)C[C@@H]3CCCO3)oc2c1. The van der Waals surface area contributed by atoms with Crippen LogP contribution in [0.1, 0.15) is 40.3 Å². The first-order valence-electron chi connectivity index (χ1n) is 9.49. The van der Waals surface area contributed by atoms with Gasteiger partial charge in [-0.25, -0.2) is 0 Å². The molecule has 0 saturated carbocycles. The van der Waals surface area contributed by atoms with Crippen LogP contribution >= 0.6 is 0 Å². The third kappa shape index (κ3) is 3.73. The lowest BCUT2D eigenvalue weighted by molar-refractivity contribution is 0.0468. The highest BCUT2D eigenvalue weighted by Crippen LogP contribution is 2.21. The van der Waals surface area contributed by atoms with Gasteiger partial charge >= 0.3 is 0 Å². The molecule has 1 atom stereocenters. The zero-order valence-electron chi connectivity index (χ0n) is 16.1. The van der Waals surface area contributed by atoms with Crippen molar-refractivity contribution in [3.05, 3.63) is 69.5 Å². The molecule has 0 N–H and O–H groups in total. The molecule has 1 aliphatic rings. The van der Waals surface area contributed by atoms with Crippen molar-refractivity contribution in [2.75, 3.05) is 13.2 Å². The number of furan rings is 1. The Morgan fingerprint density at radius 1 is 1.25 bits per heavy atom. The minimum Gasteiger partial charge on any atom is -0.467 e. The number of fused-ring (bicyclic) bond motifs is 1. The van der Waals surface area contributed by atoms with Crippen molar-refractivity contribution in [3.8, 4) is 0 Å². The molecule has 1 amide bonds. The molecule has 0 bridgehead atoms. The van der Waals surface area contributed by atoms with Gasteiger partial charge in [-0.1, -0.05) is 6.07 Å². The van der Waals surface area contributed by atoms with Crippen molar-refractivity contribution in [3.63, 3.8) is 0 Å². The molecule has 0 spiro atoms. The second-order valence-corrected chi connectivity index (χ2v) is 7.33. The Morgan fingerprint density at radius 2 is 2.11 bits per heavy atom. The number of hydrogen-bond donors (Lipinski definition) is 0. The van der Waals surface area contributed by atoms with Gasteiger partial charge in [0.25, 0.3) is 5.91 Å². The Kier molecular flexibility index (Phi) is 5.05. The zero-order chi connectivity index (χ0) is 19.7. The first kappa shape index (κ1) is 18.5. The molecule has 1 aromatic carbocycles. The van der Waals surface area contributed by atoms with Crippen molar-refractivity contribution in [1.29, 1.82) is 0 Å². The molecule has 28 heavy (non-hydrogen) atoms. The van der Waals surface area contributed by atoms with E-state index in [1.165, 1.54) is 6.07 Å². The number of carbonyl (C=O) groups excluding carboxylic acids is 1. The number of rotatable bonds is 5. The lowest BCUT2D eigenvalue weighted by Gasteiger charge is -2.24. The van der Waals surface area contributed by atoms with E-state index in [2.05, 4.69) is 0 Å². The van der Waals surface area contributed by atoms with Crippen LogP contribution in [0.4, 0.5) is 0 Å². The first-order chi connectivity index (χ1) is 13.5. The number of hydrogen-bond acceptors (Lipinski definition) is 5. The van der Waals surface area contributed by atoms with Crippen molar-refractivity contribution in [1.82, 2.24) is 4.90 Å². The normalized spacial score (nSPS) is 16.6. The van der Waals surface area contributed by atoms with Gasteiger partial charge in [-0.3, -0.25) is 9.59 Å². The molecule has 4 rings (SSSR count). The van der Waals surface area contributed by atoms with Crippen molar-refractivity contribution < 1.29 is 18.4 Å². The Balaban J connectivity index is 1.69.